The fourth-order valence-electron chi connectivity index (χ4n) is 5.94. The Labute approximate surface area is 231 Å². The Kier molecular flexibility index (Phi) is 7.17. The average Bonchev–Trinajstić information content (AvgIpc) is 3.22. The Morgan fingerprint density at radius 3 is 2.59 bits per heavy atom. The number of anilines is 4. The summed E-state index contributed by atoms with van der Waals surface area (Å²) < 4.78 is 6.36. The molecular weight excluding hydrogens is 494 g/mol. The van der Waals surface area contributed by atoms with Crippen LogP contribution in [0.15, 0.2) is 18.3 Å². The van der Waals surface area contributed by atoms with E-state index in [2.05, 4.69) is 46.3 Å². The number of benzene rings is 1. The Morgan fingerprint density at radius 1 is 1.21 bits per heavy atom. The number of likely N-dealkylation sites (N-methyl/N-ethyl adjacent to an activating group) is 1. The highest BCUT2D eigenvalue weighted by atomic mass is 16.5. The molecule has 1 fully saturated rings. The standard InChI is InChI=1S/C29H41N7O3/c1-8-22-27(38)35(7)23-16-30-28(33-25(23)36(22)17(2)3)32-21-10-9-19(20-15-29(4,5)39-24(20)21)26(37)31-18-11-13-34(6)14-12-18/h9-10,16-18,22H,8,11-15H2,1-7H3,(H,31,37)(H,30,32,33)/t22-/m1/s1. The molecule has 10 heteroatoms. The number of nitrogens with one attached hydrogen (secondary N) is 2. The summed E-state index contributed by atoms with van der Waals surface area (Å²) in [6, 6.07) is 3.74. The Morgan fingerprint density at radius 2 is 1.92 bits per heavy atom. The van der Waals surface area contributed by atoms with Gasteiger partial charge in [-0.25, -0.2) is 4.98 Å². The van der Waals surface area contributed by atoms with Crippen molar-refractivity contribution in [3.8, 4) is 5.75 Å². The molecule has 3 aliphatic rings. The smallest absolute Gasteiger partial charge is 0.251 e. The van der Waals surface area contributed by atoms with Crippen molar-refractivity contribution in [3.05, 3.63) is 29.5 Å². The maximum Gasteiger partial charge on any atom is 0.251 e. The van der Waals surface area contributed by atoms with Gasteiger partial charge in [-0.15, -0.1) is 0 Å². The van der Waals surface area contributed by atoms with Gasteiger partial charge in [-0.2, -0.15) is 4.98 Å². The van der Waals surface area contributed by atoms with Gasteiger partial charge in [0.1, 0.15) is 23.1 Å². The van der Waals surface area contributed by atoms with E-state index in [1.54, 1.807) is 18.1 Å². The number of hydrogen-bond acceptors (Lipinski definition) is 8. The summed E-state index contributed by atoms with van der Waals surface area (Å²) in [6.45, 7) is 12.2. The number of fused-ring (bicyclic) bond motifs is 2. The van der Waals surface area contributed by atoms with Gasteiger partial charge in [0, 0.05) is 36.7 Å². The molecule has 0 aliphatic carbocycles. The predicted molar refractivity (Wildman–Crippen MR) is 153 cm³/mol. The van der Waals surface area contributed by atoms with E-state index in [0.717, 1.165) is 43.0 Å². The molecule has 39 heavy (non-hydrogen) atoms. The van der Waals surface area contributed by atoms with Crippen molar-refractivity contribution < 1.29 is 14.3 Å². The minimum atomic E-state index is -0.439. The second-order valence-corrected chi connectivity index (χ2v) is 11.9. The van der Waals surface area contributed by atoms with Crippen LogP contribution in [0, 0.1) is 0 Å². The average molecular weight is 536 g/mol. The molecule has 1 atom stereocenters. The zero-order valence-corrected chi connectivity index (χ0v) is 24.2. The molecule has 0 spiro atoms. The monoisotopic (exact) mass is 535 g/mol. The Balaban J connectivity index is 1.45. The second kappa shape index (κ2) is 10.3. The summed E-state index contributed by atoms with van der Waals surface area (Å²) in [6.07, 6.45) is 4.91. The maximum atomic E-state index is 13.3. The fraction of sp³-hybridized carbons (Fsp3) is 0.586. The van der Waals surface area contributed by atoms with Gasteiger partial charge >= 0.3 is 0 Å². The first-order valence-electron chi connectivity index (χ1n) is 14.0. The van der Waals surface area contributed by atoms with Crippen molar-refractivity contribution in [1.82, 2.24) is 20.2 Å². The van der Waals surface area contributed by atoms with E-state index < -0.39 is 5.60 Å². The van der Waals surface area contributed by atoms with E-state index in [-0.39, 0.29) is 29.9 Å². The zero-order chi connectivity index (χ0) is 28.1. The van der Waals surface area contributed by atoms with Crippen LogP contribution >= 0.6 is 0 Å². The number of piperidine rings is 1. The number of carbonyl (C=O) groups excluding carboxylic acids is 2. The molecule has 1 aromatic carbocycles. The van der Waals surface area contributed by atoms with Crippen LogP contribution in [0.5, 0.6) is 5.75 Å². The molecule has 3 aliphatic heterocycles. The Bertz CT molecular complexity index is 1270. The summed E-state index contributed by atoms with van der Waals surface area (Å²) in [5.41, 5.74) is 2.52. The van der Waals surface area contributed by atoms with Gasteiger partial charge in [0.25, 0.3) is 5.91 Å². The lowest BCUT2D eigenvalue weighted by Crippen LogP contribution is -2.54. The number of aromatic nitrogens is 2. The van der Waals surface area contributed by atoms with Gasteiger partial charge in [0.2, 0.25) is 11.9 Å². The minimum absolute atomic E-state index is 0.0468. The number of hydrogen-bond donors (Lipinski definition) is 2. The van der Waals surface area contributed by atoms with Crippen LogP contribution in [0.2, 0.25) is 0 Å². The topological polar surface area (TPSA) is 103 Å². The highest BCUT2D eigenvalue weighted by Gasteiger charge is 2.39. The van der Waals surface area contributed by atoms with E-state index in [1.807, 2.05) is 32.9 Å². The maximum absolute atomic E-state index is 13.3. The van der Waals surface area contributed by atoms with Crippen molar-refractivity contribution in [3.63, 3.8) is 0 Å². The number of carbonyl (C=O) groups is 2. The second-order valence-electron chi connectivity index (χ2n) is 11.9. The number of amides is 2. The van der Waals surface area contributed by atoms with Crippen LogP contribution < -0.4 is 25.2 Å². The van der Waals surface area contributed by atoms with Gasteiger partial charge in [0.05, 0.1) is 11.9 Å². The molecule has 4 heterocycles. The van der Waals surface area contributed by atoms with Crippen molar-refractivity contribution in [2.75, 3.05) is 42.3 Å². The number of likely N-dealkylation sites (tertiary alicyclic amines) is 1. The highest BCUT2D eigenvalue weighted by molar-refractivity contribution is 6.04. The van der Waals surface area contributed by atoms with E-state index >= 15 is 0 Å². The van der Waals surface area contributed by atoms with Gasteiger partial charge in [-0.3, -0.25) is 9.59 Å². The van der Waals surface area contributed by atoms with Crippen LogP contribution in [-0.2, 0) is 11.2 Å². The third-order valence-electron chi connectivity index (χ3n) is 8.04. The SMILES string of the molecule is CC[C@@H]1C(=O)N(C)c2cnc(Nc3ccc(C(=O)NC4CCN(C)CC4)c4c3OC(C)(C)C4)nc2N1C(C)C. The zero-order valence-electron chi connectivity index (χ0n) is 24.2. The fourth-order valence-corrected chi connectivity index (χ4v) is 5.94. The largest absolute Gasteiger partial charge is 0.485 e. The van der Waals surface area contributed by atoms with Gasteiger partial charge < -0.3 is 30.1 Å². The molecule has 5 rings (SSSR count). The van der Waals surface area contributed by atoms with Gasteiger partial charge in [-0.05, 0) is 79.2 Å². The van der Waals surface area contributed by atoms with Crippen LogP contribution in [-0.4, -0.2) is 77.6 Å². The van der Waals surface area contributed by atoms with Crippen molar-refractivity contribution in [1.29, 1.82) is 0 Å². The predicted octanol–water partition coefficient (Wildman–Crippen LogP) is 3.73. The van der Waals surface area contributed by atoms with E-state index in [1.165, 1.54) is 0 Å². The van der Waals surface area contributed by atoms with Crippen molar-refractivity contribution >= 4 is 35.0 Å². The summed E-state index contributed by atoms with van der Waals surface area (Å²) in [5, 5.41) is 6.59. The Hall–Kier alpha value is -3.40. The van der Waals surface area contributed by atoms with E-state index in [9.17, 15) is 9.59 Å². The van der Waals surface area contributed by atoms with Crippen LogP contribution in [0.4, 0.5) is 23.1 Å². The molecule has 0 unspecified atom stereocenters. The molecule has 2 N–H and O–H groups in total. The molecule has 1 saturated heterocycles. The number of rotatable bonds is 6. The number of nitrogens with zero attached hydrogens (tertiary/aromatic N) is 5. The van der Waals surface area contributed by atoms with Crippen LogP contribution in [0.1, 0.15) is 69.8 Å². The lowest BCUT2D eigenvalue weighted by Gasteiger charge is -2.42. The molecule has 0 saturated carbocycles. The van der Waals surface area contributed by atoms with Gasteiger partial charge in [0.15, 0.2) is 5.82 Å². The minimum Gasteiger partial charge on any atom is -0.485 e. The first-order chi connectivity index (χ1) is 18.5. The molecule has 2 aromatic rings. The summed E-state index contributed by atoms with van der Waals surface area (Å²) in [7, 11) is 3.89. The molecule has 0 bridgehead atoms. The van der Waals surface area contributed by atoms with Crippen LogP contribution in [0.25, 0.3) is 0 Å². The lowest BCUT2D eigenvalue weighted by atomic mass is 9.96. The number of ether oxygens (including phenoxy) is 1. The van der Waals surface area contributed by atoms with Crippen molar-refractivity contribution in [2.45, 2.75) is 84.0 Å². The molecule has 2 amide bonds. The van der Waals surface area contributed by atoms with E-state index in [4.69, 9.17) is 9.72 Å². The first-order valence-corrected chi connectivity index (χ1v) is 14.0. The molecular formula is C29H41N7O3. The van der Waals surface area contributed by atoms with E-state index in [0.29, 0.717) is 35.8 Å². The third kappa shape index (κ3) is 5.14. The summed E-state index contributed by atoms with van der Waals surface area (Å²) in [5.74, 6) is 1.80. The lowest BCUT2D eigenvalue weighted by molar-refractivity contribution is -0.120. The normalized spacial score (nSPS) is 21.0. The highest BCUT2D eigenvalue weighted by Crippen LogP contribution is 2.44. The van der Waals surface area contributed by atoms with Crippen LogP contribution in [0.3, 0.4) is 0 Å². The summed E-state index contributed by atoms with van der Waals surface area (Å²) >= 11 is 0. The first kappa shape index (κ1) is 27.2. The quantitative estimate of drug-likeness (QED) is 0.577. The third-order valence-corrected chi connectivity index (χ3v) is 8.04. The molecule has 10 nitrogen and oxygen atoms in total. The molecule has 0 radical (unpaired) electrons. The molecule has 210 valence electrons. The van der Waals surface area contributed by atoms with Gasteiger partial charge in [-0.1, -0.05) is 6.92 Å². The van der Waals surface area contributed by atoms with Crippen molar-refractivity contribution in [2.24, 2.45) is 0 Å². The summed E-state index contributed by atoms with van der Waals surface area (Å²) in [4.78, 5) is 41.8. The molecule has 1 aromatic heterocycles.